The number of carbonyl (C=O) groups excluding carboxylic acids is 1. The van der Waals surface area contributed by atoms with Crippen molar-refractivity contribution in [1.82, 2.24) is 9.55 Å². The molecule has 1 heterocycles. The molecule has 0 bridgehead atoms. The van der Waals surface area contributed by atoms with Gasteiger partial charge in [-0.25, -0.2) is 4.98 Å². The van der Waals surface area contributed by atoms with Gasteiger partial charge in [-0.2, -0.15) is 0 Å². The molecular formula is C17H21BrN2O3. The Bertz CT molecular complexity index is 638. The smallest absolute Gasteiger partial charge is 0.188 e. The van der Waals surface area contributed by atoms with E-state index in [0.29, 0.717) is 16.8 Å². The maximum absolute atomic E-state index is 11.4. The molecule has 2 rings (SSSR count). The highest BCUT2D eigenvalue weighted by molar-refractivity contribution is 9.10. The van der Waals surface area contributed by atoms with Crippen molar-refractivity contribution in [1.29, 1.82) is 0 Å². The van der Waals surface area contributed by atoms with Crippen molar-refractivity contribution in [3.8, 4) is 5.75 Å². The molecule has 124 valence electrons. The number of imidazole rings is 1. The van der Waals surface area contributed by atoms with Gasteiger partial charge in [0, 0.05) is 20.1 Å². The highest BCUT2D eigenvalue weighted by Gasteiger charge is 2.14. The van der Waals surface area contributed by atoms with Crippen LogP contribution in [0, 0.1) is 0 Å². The molecule has 0 aliphatic rings. The molecule has 0 amide bonds. The zero-order chi connectivity index (χ0) is 16.7. The van der Waals surface area contributed by atoms with Gasteiger partial charge in [-0.3, -0.25) is 4.79 Å². The zero-order valence-corrected chi connectivity index (χ0v) is 15.0. The lowest BCUT2D eigenvalue weighted by molar-refractivity contribution is 0.0511. The summed E-state index contributed by atoms with van der Waals surface area (Å²) in [7, 11) is 1.59. The third-order valence-corrected chi connectivity index (χ3v) is 4.10. The number of benzene rings is 1. The number of hydrogen-bond donors (Lipinski definition) is 0. The number of unbranched alkanes of at least 4 members (excludes halogenated alkanes) is 1. The molecule has 0 fully saturated rings. The summed E-state index contributed by atoms with van der Waals surface area (Å²) in [6, 6.07) is 7.76. The van der Waals surface area contributed by atoms with Crippen molar-refractivity contribution in [3.05, 3.63) is 46.0 Å². The number of methoxy groups -OCH3 is 1. The van der Waals surface area contributed by atoms with Gasteiger partial charge >= 0.3 is 0 Å². The van der Waals surface area contributed by atoms with Gasteiger partial charge in [0.1, 0.15) is 21.9 Å². The molecule has 1 aromatic heterocycles. The molecule has 0 radical (unpaired) electrons. The first-order valence-corrected chi connectivity index (χ1v) is 8.39. The van der Waals surface area contributed by atoms with Crippen LogP contribution in [0.3, 0.4) is 0 Å². The van der Waals surface area contributed by atoms with Gasteiger partial charge in [-0.1, -0.05) is 25.5 Å². The van der Waals surface area contributed by atoms with Gasteiger partial charge < -0.3 is 14.0 Å². The van der Waals surface area contributed by atoms with Crippen molar-refractivity contribution in [2.75, 3.05) is 13.9 Å². The van der Waals surface area contributed by atoms with Crippen LogP contribution in [0.4, 0.5) is 0 Å². The molecule has 0 spiro atoms. The van der Waals surface area contributed by atoms with E-state index in [0.717, 1.165) is 42.7 Å². The molecule has 23 heavy (non-hydrogen) atoms. The third kappa shape index (κ3) is 4.65. The molecule has 5 nitrogen and oxygen atoms in total. The predicted octanol–water partition coefficient (Wildman–Crippen LogP) is 3.83. The van der Waals surface area contributed by atoms with E-state index in [4.69, 9.17) is 9.47 Å². The Morgan fingerprint density at radius 2 is 2.04 bits per heavy atom. The first-order valence-electron chi connectivity index (χ1n) is 7.60. The van der Waals surface area contributed by atoms with E-state index in [1.807, 2.05) is 28.8 Å². The molecule has 0 saturated carbocycles. The number of carbonyl (C=O) groups is 1. The zero-order valence-electron chi connectivity index (χ0n) is 13.4. The Kier molecular flexibility index (Phi) is 6.80. The van der Waals surface area contributed by atoms with Crippen LogP contribution in [0.1, 0.15) is 41.6 Å². The largest absolute Gasteiger partial charge is 0.468 e. The van der Waals surface area contributed by atoms with Gasteiger partial charge in [0.15, 0.2) is 13.1 Å². The first-order chi connectivity index (χ1) is 11.2. The van der Waals surface area contributed by atoms with Crippen LogP contribution in [0.15, 0.2) is 28.9 Å². The van der Waals surface area contributed by atoms with Crippen LogP contribution >= 0.6 is 15.9 Å². The Hall–Kier alpha value is -1.66. The predicted molar refractivity (Wildman–Crippen MR) is 92.0 cm³/mol. The Labute approximate surface area is 144 Å². The number of aryl methyl sites for hydroxylation is 1. The van der Waals surface area contributed by atoms with Crippen LogP contribution < -0.4 is 4.74 Å². The van der Waals surface area contributed by atoms with Gasteiger partial charge in [0.2, 0.25) is 0 Å². The maximum atomic E-state index is 11.4. The fourth-order valence-corrected chi connectivity index (χ4v) is 2.81. The number of aldehydes is 1. The van der Waals surface area contributed by atoms with Crippen LogP contribution in [0.25, 0.3) is 0 Å². The molecule has 0 N–H and O–H groups in total. The summed E-state index contributed by atoms with van der Waals surface area (Å²) in [6.07, 6.45) is 3.85. The van der Waals surface area contributed by atoms with Crippen molar-refractivity contribution < 1.29 is 14.3 Å². The van der Waals surface area contributed by atoms with Crippen molar-refractivity contribution in [2.24, 2.45) is 0 Å². The fourth-order valence-electron chi connectivity index (χ4n) is 2.30. The number of ether oxygens (including phenoxy) is 2. The highest BCUT2D eigenvalue weighted by atomic mass is 79.9. The monoisotopic (exact) mass is 380 g/mol. The summed E-state index contributed by atoms with van der Waals surface area (Å²) in [4.78, 5) is 15.9. The molecule has 0 unspecified atom stereocenters. The minimum absolute atomic E-state index is 0.226. The van der Waals surface area contributed by atoms with E-state index in [1.54, 1.807) is 7.11 Å². The fraction of sp³-hybridized carbons (Fsp3) is 0.412. The molecule has 0 atom stereocenters. The van der Waals surface area contributed by atoms with Crippen LogP contribution in [-0.4, -0.2) is 29.7 Å². The second-order valence-electron chi connectivity index (χ2n) is 5.21. The second kappa shape index (κ2) is 8.84. The van der Waals surface area contributed by atoms with Crippen molar-refractivity contribution in [3.63, 3.8) is 0 Å². The summed E-state index contributed by atoms with van der Waals surface area (Å²) >= 11 is 3.38. The van der Waals surface area contributed by atoms with E-state index in [1.165, 1.54) is 0 Å². The normalized spacial score (nSPS) is 10.7. The summed E-state index contributed by atoms with van der Waals surface area (Å²) in [6.45, 7) is 2.97. The lowest BCUT2D eigenvalue weighted by Crippen LogP contribution is -2.09. The number of halogens is 1. The van der Waals surface area contributed by atoms with Crippen molar-refractivity contribution in [2.45, 2.75) is 32.7 Å². The van der Waals surface area contributed by atoms with Gasteiger partial charge in [-0.05, 0) is 40.0 Å². The molecule has 2 aromatic rings. The quantitative estimate of drug-likeness (QED) is 0.489. The van der Waals surface area contributed by atoms with Crippen molar-refractivity contribution >= 4 is 22.2 Å². The molecule has 0 aliphatic heterocycles. The lowest BCUT2D eigenvalue weighted by Gasteiger charge is -2.10. The number of nitrogens with zero attached hydrogens (tertiary/aromatic N) is 2. The summed E-state index contributed by atoms with van der Waals surface area (Å²) in [5, 5.41) is 0. The Morgan fingerprint density at radius 1 is 1.30 bits per heavy atom. The Balaban J connectivity index is 2.19. The third-order valence-electron chi connectivity index (χ3n) is 3.51. The minimum atomic E-state index is 0.226. The first kappa shape index (κ1) is 17.7. The van der Waals surface area contributed by atoms with E-state index >= 15 is 0 Å². The van der Waals surface area contributed by atoms with E-state index in [2.05, 4.69) is 27.8 Å². The van der Waals surface area contributed by atoms with Gasteiger partial charge in [-0.15, -0.1) is 0 Å². The van der Waals surface area contributed by atoms with Crippen LogP contribution in [0.2, 0.25) is 0 Å². The molecular weight excluding hydrogens is 360 g/mol. The summed E-state index contributed by atoms with van der Waals surface area (Å²) in [5.41, 5.74) is 1.66. The van der Waals surface area contributed by atoms with Gasteiger partial charge in [0.05, 0.1) is 0 Å². The van der Waals surface area contributed by atoms with E-state index < -0.39 is 0 Å². The number of rotatable bonds is 9. The van der Waals surface area contributed by atoms with Crippen LogP contribution in [0.5, 0.6) is 5.75 Å². The average molecular weight is 381 g/mol. The molecule has 0 aliphatic carbocycles. The molecule has 0 saturated heterocycles. The standard InChI is InChI=1S/C17H21BrN2O3/c1-3-4-5-16-19-17(18)15(11-21)20(16)10-13-6-8-14(9-7-13)23-12-22-2/h6-9,11H,3-5,10,12H2,1-2H3. The molecule has 6 heteroatoms. The minimum Gasteiger partial charge on any atom is -0.468 e. The average Bonchev–Trinajstić information content (AvgIpc) is 2.87. The number of hydrogen-bond acceptors (Lipinski definition) is 4. The second-order valence-corrected chi connectivity index (χ2v) is 5.96. The maximum Gasteiger partial charge on any atom is 0.188 e. The van der Waals surface area contributed by atoms with Crippen LogP contribution in [-0.2, 0) is 17.7 Å². The topological polar surface area (TPSA) is 53.4 Å². The van der Waals surface area contributed by atoms with E-state index in [-0.39, 0.29) is 6.79 Å². The summed E-state index contributed by atoms with van der Waals surface area (Å²) in [5.74, 6) is 1.68. The highest BCUT2D eigenvalue weighted by Crippen LogP contribution is 2.21. The van der Waals surface area contributed by atoms with Gasteiger partial charge in [0.25, 0.3) is 0 Å². The Morgan fingerprint density at radius 3 is 2.65 bits per heavy atom. The summed E-state index contributed by atoms with van der Waals surface area (Å²) < 4.78 is 12.8. The SMILES string of the molecule is CCCCc1nc(Br)c(C=O)n1Cc1ccc(OCOC)cc1. The number of aromatic nitrogens is 2. The van der Waals surface area contributed by atoms with E-state index in [9.17, 15) is 4.79 Å². The lowest BCUT2D eigenvalue weighted by atomic mass is 10.2. The molecule has 1 aromatic carbocycles.